The van der Waals surface area contributed by atoms with E-state index >= 15 is 0 Å². The molecule has 0 saturated carbocycles. The highest BCUT2D eigenvalue weighted by molar-refractivity contribution is 6.23. The first-order valence-electron chi connectivity index (χ1n) is 13.2. The number of imide groups is 1. The first-order valence-corrected chi connectivity index (χ1v) is 13.2. The second kappa shape index (κ2) is 8.15. The van der Waals surface area contributed by atoms with Gasteiger partial charge in [0.25, 0.3) is 11.2 Å². The summed E-state index contributed by atoms with van der Waals surface area (Å²) in [6.07, 6.45) is 0. The number of fused-ring (bicyclic) bond motifs is 8. The van der Waals surface area contributed by atoms with Crippen LogP contribution >= 0.6 is 0 Å². The fourth-order valence-corrected chi connectivity index (χ4v) is 6.97. The maximum absolute atomic E-state index is 14.5. The van der Waals surface area contributed by atoms with Crippen molar-refractivity contribution in [3.63, 3.8) is 0 Å². The van der Waals surface area contributed by atoms with Gasteiger partial charge < -0.3 is 0 Å². The Morgan fingerprint density at radius 1 is 0.975 bits per heavy atom. The molecule has 4 heterocycles. The van der Waals surface area contributed by atoms with E-state index in [-0.39, 0.29) is 23.1 Å². The lowest BCUT2D eigenvalue weighted by atomic mass is 9.75. The molecule has 0 aliphatic carbocycles. The van der Waals surface area contributed by atoms with Gasteiger partial charge in [0.15, 0.2) is 0 Å². The Morgan fingerprint density at radius 2 is 1.70 bits per heavy atom. The van der Waals surface area contributed by atoms with Crippen molar-refractivity contribution in [2.45, 2.75) is 32.4 Å². The molecule has 200 valence electrons. The molecule has 7 rings (SSSR count). The van der Waals surface area contributed by atoms with Crippen LogP contribution in [-0.2, 0) is 15.1 Å². The van der Waals surface area contributed by atoms with E-state index in [2.05, 4.69) is 5.32 Å². The van der Waals surface area contributed by atoms with Crippen LogP contribution in [0, 0.1) is 34.8 Å². The summed E-state index contributed by atoms with van der Waals surface area (Å²) in [6, 6.07) is 18.3. The Labute approximate surface area is 228 Å². The average molecular weight is 536 g/mol. The van der Waals surface area contributed by atoms with E-state index in [0.29, 0.717) is 33.7 Å². The summed E-state index contributed by atoms with van der Waals surface area (Å²) < 4.78 is 1.57. The van der Waals surface area contributed by atoms with Gasteiger partial charge in [-0.2, -0.15) is 0 Å². The number of benzene rings is 3. The molecule has 2 saturated heterocycles. The summed E-state index contributed by atoms with van der Waals surface area (Å²) in [5.41, 5.74) is 1.05. The molecule has 2 fully saturated rings. The molecule has 1 spiro atoms. The lowest BCUT2D eigenvalue weighted by molar-refractivity contribution is -0.384. The van der Waals surface area contributed by atoms with Gasteiger partial charge in [-0.3, -0.25) is 34.4 Å². The second-order valence-corrected chi connectivity index (χ2v) is 11.1. The van der Waals surface area contributed by atoms with Crippen molar-refractivity contribution in [2.75, 3.05) is 4.90 Å². The number of nitro benzene ring substituents is 1. The zero-order valence-electron chi connectivity index (χ0n) is 22.0. The lowest BCUT2D eigenvalue weighted by Gasteiger charge is -2.32. The van der Waals surface area contributed by atoms with Crippen LogP contribution in [0.15, 0.2) is 71.5 Å². The summed E-state index contributed by atoms with van der Waals surface area (Å²) in [4.78, 5) is 59.5. The standard InChI is InChI=1S/C30H25N5O5/c1-15(2)25-23-24(28(38)33(27(23)37)21-13-12-17(35(39)40)14-16(21)3)30(32-25)19-9-5-7-11-22(19)34-26(36)18-8-4-6-10-20(18)31-29(30)34/h4-15,23-25,32H,1-3H3. The summed E-state index contributed by atoms with van der Waals surface area (Å²) in [5, 5.41) is 15.5. The van der Waals surface area contributed by atoms with Gasteiger partial charge in [-0.1, -0.05) is 44.2 Å². The van der Waals surface area contributed by atoms with E-state index in [4.69, 9.17) is 4.98 Å². The Hall–Kier alpha value is -4.70. The molecule has 3 aromatic carbocycles. The van der Waals surface area contributed by atoms with Gasteiger partial charge in [-0.15, -0.1) is 0 Å². The molecule has 10 heteroatoms. The molecule has 10 nitrogen and oxygen atoms in total. The highest BCUT2D eigenvalue weighted by atomic mass is 16.6. The van der Waals surface area contributed by atoms with Crippen LogP contribution in [0.1, 0.15) is 30.8 Å². The number of hydrogen-bond acceptors (Lipinski definition) is 7. The number of aromatic nitrogens is 2. The minimum Gasteiger partial charge on any atom is -0.296 e. The van der Waals surface area contributed by atoms with Crippen LogP contribution < -0.4 is 15.8 Å². The van der Waals surface area contributed by atoms with Crippen LogP contribution in [0.5, 0.6) is 0 Å². The summed E-state index contributed by atoms with van der Waals surface area (Å²) in [6.45, 7) is 5.64. The van der Waals surface area contributed by atoms with Crippen molar-refractivity contribution in [1.82, 2.24) is 14.9 Å². The van der Waals surface area contributed by atoms with E-state index in [1.807, 2.05) is 44.2 Å². The average Bonchev–Trinajstić information content (AvgIpc) is 3.53. The smallest absolute Gasteiger partial charge is 0.269 e. The third kappa shape index (κ3) is 2.91. The minimum absolute atomic E-state index is 0.0325. The number of nitro groups is 1. The number of hydrogen-bond donors (Lipinski definition) is 1. The van der Waals surface area contributed by atoms with E-state index in [9.17, 15) is 24.5 Å². The zero-order valence-corrected chi connectivity index (χ0v) is 22.0. The number of non-ortho nitro benzene ring substituents is 1. The maximum Gasteiger partial charge on any atom is 0.269 e. The fourth-order valence-electron chi connectivity index (χ4n) is 6.97. The monoisotopic (exact) mass is 535 g/mol. The van der Waals surface area contributed by atoms with Crippen molar-refractivity contribution in [3.05, 3.63) is 104 Å². The fraction of sp³-hybridized carbons (Fsp3) is 0.267. The predicted molar refractivity (Wildman–Crippen MR) is 147 cm³/mol. The van der Waals surface area contributed by atoms with Crippen molar-refractivity contribution in [1.29, 1.82) is 0 Å². The molecule has 3 aliphatic heterocycles. The third-order valence-electron chi connectivity index (χ3n) is 8.65. The van der Waals surface area contributed by atoms with E-state index in [0.717, 1.165) is 5.56 Å². The molecule has 0 radical (unpaired) electrons. The summed E-state index contributed by atoms with van der Waals surface area (Å²) in [5.74, 6) is -2.05. The first kappa shape index (κ1) is 24.3. The predicted octanol–water partition coefficient (Wildman–Crippen LogP) is 3.59. The summed E-state index contributed by atoms with van der Waals surface area (Å²) >= 11 is 0. The van der Waals surface area contributed by atoms with Gasteiger partial charge in [-0.25, -0.2) is 9.88 Å². The number of rotatable bonds is 3. The topological polar surface area (TPSA) is 127 Å². The quantitative estimate of drug-likeness (QED) is 0.241. The van der Waals surface area contributed by atoms with Crippen LogP contribution in [0.3, 0.4) is 0 Å². The number of carbonyl (C=O) groups excluding carboxylic acids is 2. The molecule has 4 aromatic rings. The van der Waals surface area contributed by atoms with Crippen molar-refractivity contribution in [3.8, 4) is 5.69 Å². The number of amides is 2. The lowest BCUT2D eigenvalue weighted by Crippen LogP contribution is -2.51. The van der Waals surface area contributed by atoms with Crippen LogP contribution in [0.25, 0.3) is 16.6 Å². The maximum atomic E-state index is 14.5. The molecule has 1 N–H and O–H groups in total. The minimum atomic E-state index is -1.23. The third-order valence-corrected chi connectivity index (χ3v) is 8.65. The number of nitrogens with zero attached hydrogens (tertiary/aromatic N) is 4. The SMILES string of the molecule is Cc1cc([N+](=O)[O-])ccc1N1C(=O)C2C(C(C)C)NC3(c4ccccc4-n4c3nc3ccccc3c4=O)C2C1=O. The van der Waals surface area contributed by atoms with Gasteiger partial charge in [0.1, 0.15) is 11.4 Å². The molecule has 4 atom stereocenters. The van der Waals surface area contributed by atoms with E-state index in [1.54, 1.807) is 29.7 Å². The molecule has 4 unspecified atom stereocenters. The molecule has 3 aliphatic rings. The van der Waals surface area contributed by atoms with Crippen molar-refractivity contribution < 1.29 is 14.5 Å². The number of para-hydroxylation sites is 2. The number of aryl methyl sites for hydroxylation is 1. The summed E-state index contributed by atoms with van der Waals surface area (Å²) in [7, 11) is 0. The molecule has 40 heavy (non-hydrogen) atoms. The van der Waals surface area contributed by atoms with E-state index in [1.165, 1.54) is 23.1 Å². The van der Waals surface area contributed by atoms with Gasteiger partial charge in [0.05, 0.1) is 39.0 Å². The van der Waals surface area contributed by atoms with Crippen LogP contribution in [0.2, 0.25) is 0 Å². The highest BCUT2D eigenvalue weighted by Gasteiger charge is 2.70. The number of carbonyl (C=O) groups is 2. The van der Waals surface area contributed by atoms with Crippen LogP contribution in [0.4, 0.5) is 11.4 Å². The number of nitrogens with one attached hydrogen (secondary N) is 1. The Kier molecular flexibility index (Phi) is 4.96. The largest absolute Gasteiger partial charge is 0.296 e. The second-order valence-electron chi connectivity index (χ2n) is 11.1. The molecule has 0 bridgehead atoms. The zero-order chi connectivity index (χ0) is 28.1. The number of anilines is 1. The molecule has 1 aromatic heterocycles. The van der Waals surface area contributed by atoms with Crippen LogP contribution in [-0.4, -0.2) is 32.3 Å². The Bertz CT molecular complexity index is 1860. The van der Waals surface area contributed by atoms with Gasteiger partial charge in [0, 0.05) is 23.7 Å². The normalized spacial score (nSPS) is 24.7. The van der Waals surface area contributed by atoms with Gasteiger partial charge in [-0.05, 0) is 42.7 Å². The van der Waals surface area contributed by atoms with Gasteiger partial charge >= 0.3 is 0 Å². The van der Waals surface area contributed by atoms with E-state index < -0.39 is 34.2 Å². The Balaban J connectivity index is 1.50. The molecular weight excluding hydrogens is 510 g/mol. The first-order chi connectivity index (χ1) is 19.2. The molecular formula is C30H25N5O5. The van der Waals surface area contributed by atoms with Crippen molar-refractivity contribution >= 4 is 34.1 Å². The Morgan fingerprint density at radius 3 is 2.42 bits per heavy atom. The highest BCUT2D eigenvalue weighted by Crippen LogP contribution is 2.56. The molecule has 2 amide bonds. The van der Waals surface area contributed by atoms with Gasteiger partial charge in [0.2, 0.25) is 11.8 Å². The van der Waals surface area contributed by atoms with Crippen molar-refractivity contribution in [2.24, 2.45) is 17.8 Å².